The molecule has 3 N–H and O–H groups in total. The van der Waals surface area contributed by atoms with Gasteiger partial charge in [0.25, 0.3) is 0 Å². The number of carbonyl (C=O) groups is 2. The van der Waals surface area contributed by atoms with Crippen LogP contribution in [0.25, 0.3) is 0 Å². The Morgan fingerprint density at radius 1 is 1.35 bits per heavy atom. The number of carboxylic acid groups (broad SMARTS) is 1. The van der Waals surface area contributed by atoms with E-state index in [2.05, 4.69) is 16.7 Å². The predicted molar refractivity (Wildman–Crippen MR) is 80.1 cm³/mol. The van der Waals surface area contributed by atoms with Crippen LogP contribution in [0.3, 0.4) is 0 Å². The Hall–Kier alpha value is -1.56. The van der Waals surface area contributed by atoms with Gasteiger partial charge in [0.1, 0.15) is 0 Å². The third-order valence-electron chi connectivity index (χ3n) is 3.14. The van der Waals surface area contributed by atoms with Crippen LogP contribution >= 0.6 is 11.3 Å². The maximum Gasteiger partial charge on any atom is 0.315 e. The average Bonchev–Trinajstić information content (AvgIpc) is 2.71. The van der Waals surface area contributed by atoms with Crippen molar-refractivity contribution >= 4 is 23.3 Å². The minimum atomic E-state index is -0.864. The van der Waals surface area contributed by atoms with E-state index in [1.165, 1.54) is 10.4 Å². The van der Waals surface area contributed by atoms with Gasteiger partial charge in [0.05, 0.1) is 12.5 Å². The van der Waals surface area contributed by atoms with Crippen LogP contribution in [0.15, 0.2) is 6.07 Å². The number of hydrogen-bond acceptors (Lipinski definition) is 3. The molecule has 0 aliphatic rings. The van der Waals surface area contributed by atoms with Crippen molar-refractivity contribution in [3.05, 3.63) is 21.4 Å². The first-order valence-corrected chi connectivity index (χ1v) is 7.56. The molecule has 0 saturated heterocycles. The number of thiophene rings is 1. The molecule has 0 bridgehead atoms. The van der Waals surface area contributed by atoms with Gasteiger partial charge in [0.15, 0.2) is 0 Å². The van der Waals surface area contributed by atoms with Crippen molar-refractivity contribution in [1.82, 2.24) is 10.6 Å². The highest BCUT2D eigenvalue weighted by Gasteiger charge is 2.17. The number of rotatable bonds is 7. The van der Waals surface area contributed by atoms with E-state index in [9.17, 15) is 9.59 Å². The molecule has 5 nitrogen and oxygen atoms in total. The van der Waals surface area contributed by atoms with Gasteiger partial charge in [-0.15, -0.1) is 11.3 Å². The van der Waals surface area contributed by atoms with E-state index in [1.807, 2.05) is 20.8 Å². The lowest BCUT2D eigenvalue weighted by molar-refractivity contribution is -0.141. The van der Waals surface area contributed by atoms with E-state index < -0.39 is 11.9 Å². The Balaban J connectivity index is 2.34. The molecule has 1 heterocycles. The second-order valence-electron chi connectivity index (χ2n) is 4.84. The van der Waals surface area contributed by atoms with Gasteiger partial charge in [0, 0.05) is 16.3 Å². The monoisotopic (exact) mass is 298 g/mol. The minimum Gasteiger partial charge on any atom is -0.481 e. The van der Waals surface area contributed by atoms with Gasteiger partial charge < -0.3 is 15.7 Å². The van der Waals surface area contributed by atoms with Crippen molar-refractivity contribution < 1.29 is 14.7 Å². The molecule has 0 saturated carbocycles. The first kappa shape index (κ1) is 16.5. The van der Waals surface area contributed by atoms with Gasteiger partial charge in [-0.25, -0.2) is 4.79 Å². The molecule has 1 aromatic heterocycles. The lowest BCUT2D eigenvalue weighted by Crippen LogP contribution is -2.39. The van der Waals surface area contributed by atoms with E-state index in [0.717, 1.165) is 11.3 Å². The van der Waals surface area contributed by atoms with Crippen molar-refractivity contribution in [3.63, 3.8) is 0 Å². The molecule has 1 atom stereocenters. The molecular formula is C14H22N2O3S. The molecule has 1 rings (SSSR count). The van der Waals surface area contributed by atoms with Crippen LogP contribution in [0.2, 0.25) is 0 Å². The van der Waals surface area contributed by atoms with E-state index in [4.69, 9.17) is 5.11 Å². The molecule has 0 fully saturated rings. The summed E-state index contributed by atoms with van der Waals surface area (Å²) in [6.07, 6.45) is 1.35. The van der Waals surface area contributed by atoms with Gasteiger partial charge in [-0.05, 0) is 31.9 Å². The number of hydrogen-bond donors (Lipinski definition) is 3. The molecule has 0 aliphatic heterocycles. The average molecular weight is 298 g/mol. The van der Waals surface area contributed by atoms with E-state index in [1.54, 1.807) is 11.3 Å². The van der Waals surface area contributed by atoms with Gasteiger partial charge in [-0.1, -0.05) is 13.3 Å². The summed E-state index contributed by atoms with van der Waals surface area (Å²) < 4.78 is 0. The maximum atomic E-state index is 11.6. The molecule has 0 aliphatic carbocycles. The maximum absolute atomic E-state index is 11.6. The number of carbonyl (C=O) groups excluding carboxylic acids is 1. The summed E-state index contributed by atoms with van der Waals surface area (Å²) in [7, 11) is 0. The van der Waals surface area contributed by atoms with Gasteiger partial charge >= 0.3 is 12.0 Å². The van der Waals surface area contributed by atoms with E-state index in [-0.39, 0.29) is 12.6 Å². The standard InChI is InChI=1S/C14H22N2O3S/c1-4-5-11(13(17)18)7-15-14(19)16-8-12-6-9(2)10(3)20-12/h6,11H,4-5,7-8H2,1-3H3,(H,17,18)(H2,15,16,19). The molecule has 2 amide bonds. The Morgan fingerprint density at radius 3 is 2.55 bits per heavy atom. The third kappa shape index (κ3) is 5.21. The molecule has 0 aromatic carbocycles. The first-order chi connectivity index (χ1) is 9.43. The SMILES string of the molecule is CCCC(CNC(=O)NCc1cc(C)c(C)s1)C(=O)O. The number of carboxylic acids is 1. The third-order valence-corrected chi connectivity index (χ3v) is 4.29. The number of aliphatic carboxylic acids is 1. The van der Waals surface area contributed by atoms with Crippen LogP contribution < -0.4 is 10.6 Å². The van der Waals surface area contributed by atoms with Gasteiger partial charge in [0.2, 0.25) is 0 Å². The van der Waals surface area contributed by atoms with Crippen LogP contribution in [0.5, 0.6) is 0 Å². The molecule has 20 heavy (non-hydrogen) atoms. The van der Waals surface area contributed by atoms with Gasteiger partial charge in [-0.3, -0.25) is 4.79 Å². The lowest BCUT2D eigenvalue weighted by Gasteiger charge is -2.12. The molecule has 112 valence electrons. The van der Waals surface area contributed by atoms with Crippen LogP contribution in [0.1, 0.15) is 35.1 Å². The summed E-state index contributed by atoms with van der Waals surface area (Å²) in [5.41, 5.74) is 1.22. The Morgan fingerprint density at radius 2 is 2.05 bits per heavy atom. The minimum absolute atomic E-state index is 0.164. The zero-order valence-electron chi connectivity index (χ0n) is 12.2. The Bertz CT molecular complexity index is 451. The van der Waals surface area contributed by atoms with Crippen molar-refractivity contribution in [2.75, 3.05) is 6.54 Å². The largest absolute Gasteiger partial charge is 0.481 e. The summed E-state index contributed by atoms with van der Waals surface area (Å²) in [6, 6.07) is 1.73. The van der Waals surface area contributed by atoms with Gasteiger partial charge in [-0.2, -0.15) is 0 Å². The second-order valence-corrected chi connectivity index (χ2v) is 6.18. The molecule has 1 unspecified atom stereocenters. The first-order valence-electron chi connectivity index (χ1n) is 6.74. The number of urea groups is 1. The Labute approximate surface area is 123 Å². The normalized spacial score (nSPS) is 11.9. The highest BCUT2D eigenvalue weighted by molar-refractivity contribution is 7.12. The fraction of sp³-hybridized carbons (Fsp3) is 0.571. The summed E-state index contributed by atoms with van der Waals surface area (Å²) in [5.74, 6) is -1.38. The van der Waals surface area contributed by atoms with Crippen molar-refractivity contribution in [1.29, 1.82) is 0 Å². The molecule has 0 spiro atoms. The predicted octanol–water partition coefficient (Wildman–Crippen LogP) is 2.67. The Kier molecular flexibility index (Phi) is 6.51. The second kappa shape index (κ2) is 7.89. The molecule has 6 heteroatoms. The van der Waals surface area contributed by atoms with Crippen LogP contribution in [-0.4, -0.2) is 23.7 Å². The van der Waals surface area contributed by atoms with Crippen molar-refractivity contribution in [3.8, 4) is 0 Å². The fourth-order valence-electron chi connectivity index (χ4n) is 1.84. The smallest absolute Gasteiger partial charge is 0.315 e. The molecular weight excluding hydrogens is 276 g/mol. The summed E-state index contributed by atoms with van der Waals surface area (Å²) in [5, 5.41) is 14.3. The highest BCUT2D eigenvalue weighted by Crippen LogP contribution is 2.20. The van der Waals surface area contributed by atoms with Crippen LogP contribution in [-0.2, 0) is 11.3 Å². The summed E-state index contributed by atoms with van der Waals surface area (Å²) in [4.78, 5) is 24.9. The zero-order chi connectivity index (χ0) is 15.1. The van der Waals surface area contributed by atoms with E-state index >= 15 is 0 Å². The van der Waals surface area contributed by atoms with Crippen molar-refractivity contribution in [2.24, 2.45) is 5.92 Å². The lowest BCUT2D eigenvalue weighted by atomic mass is 10.0. The van der Waals surface area contributed by atoms with Crippen LogP contribution in [0, 0.1) is 19.8 Å². The summed E-state index contributed by atoms with van der Waals surface area (Å²) >= 11 is 1.66. The fourth-order valence-corrected chi connectivity index (χ4v) is 2.84. The number of amides is 2. The van der Waals surface area contributed by atoms with Crippen molar-refractivity contribution in [2.45, 2.75) is 40.2 Å². The van der Waals surface area contributed by atoms with Crippen LogP contribution in [0.4, 0.5) is 4.79 Å². The van der Waals surface area contributed by atoms with E-state index in [0.29, 0.717) is 13.0 Å². The number of aryl methyl sites for hydroxylation is 2. The topological polar surface area (TPSA) is 78.4 Å². The zero-order valence-corrected chi connectivity index (χ0v) is 13.0. The summed E-state index contributed by atoms with van der Waals surface area (Å²) in [6.45, 7) is 6.65. The highest BCUT2D eigenvalue weighted by atomic mass is 32.1. The quantitative estimate of drug-likeness (QED) is 0.724. The number of nitrogens with one attached hydrogen (secondary N) is 2. The molecule has 0 radical (unpaired) electrons. The molecule has 1 aromatic rings.